The average molecular weight is 304 g/mol. The van der Waals surface area contributed by atoms with E-state index in [1.807, 2.05) is 6.92 Å². The summed E-state index contributed by atoms with van der Waals surface area (Å²) in [5.74, 6) is -2.06. The second-order valence-corrected chi connectivity index (χ2v) is 5.66. The van der Waals surface area contributed by atoms with Crippen molar-refractivity contribution in [1.29, 1.82) is 0 Å². The zero-order chi connectivity index (χ0) is 14.4. The second kappa shape index (κ2) is 4.47. The summed E-state index contributed by atoms with van der Waals surface area (Å²) in [5.41, 5.74) is -0.255. The minimum absolute atomic E-state index is 0.137. The molecule has 0 aromatic carbocycles. The van der Waals surface area contributed by atoms with Gasteiger partial charge in [-0.05, 0) is 12.8 Å². The second-order valence-electron chi connectivity index (χ2n) is 5.30. The summed E-state index contributed by atoms with van der Waals surface area (Å²) in [6.45, 7) is 1.85. The predicted octanol–water partition coefficient (Wildman–Crippen LogP) is 2.98. The molecular weight excluding hydrogens is 292 g/mol. The Balaban J connectivity index is 1.86. The SMILES string of the molecule is CC1(c2nc(-c3n[nH]nc3Cl)no2)CCC(F)(F)CC1. The monoisotopic (exact) mass is 303 g/mol. The fraction of sp³-hybridized carbons (Fsp3) is 0.636. The number of alkyl halides is 2. The Morgan fingerprint density at radius 1 is 1.20 bits per heavy atom. The fourth-order valence-corrected chi connectivity index (χ4v) is 2.47. The van der Waals surface area contributed by atoms with Crippen LogP contribution in [0.3, 0.4) is 0 Å². The first-order chi connectivity index (χ1) is 9.40. The largest absolute Gasteiger partial charge is 0.338 e. The Kier molecular flexibility index (Phi) is 3.00. The molecule has 1 aliphatic carbocycles. The first kappa shape index (κ1) is 13.4. The van der Waals surface area contributed by atoms with Crippen LogP contribution < -0.4 is 0 Å². The van der Waals surface area contributed by atoms with Gasteiger partial charge in [-0.25, -0.2) is 8.78 Å². The number of nitrogens with one attached hydrogen (secondary N) is 1. The molecular formula is C11H12ClF2N5O. The molecule has 108 valence electrons. The van der Waals surface area contributed by atoms with Crippen LogP contribution in [0.2, 0.25) is 5.15 Å². The zero-order valence-electron chi connectivity index (χ0n) is 10.7. The molecule has 2 aromatic heterocycles. The molecule has 0 unspecified atom stereocenters. The number of aromatic nitrogens is 5. The van der Waals surface area contributed by atoms with E-state index in [2.05, 4.69) is 25.6 Å². The Hall–Kier alpha value is -1.57. The molecule has 0 saturated heterocycles. The summed E-state index contributed by atoms with van der Waals surface area (Å²) < 4.78 is 31.7. The van der Waals surface area contributed by atoms with Gasteiger partial charge in [-0.3, -0.25) is 0 Å². The lowest BCUT2D eigenvalue weighted by Crippen LogP contribution is -2.34. The quantitative estimate of drug-likeness (QED) is 0.922. The van der Waals surface area contributed by atoms with Gasteiger partial charge in [-0.2, -0.15) is 15.3 Å². The lowest BCUT2D eigenvalue weighted by Gasteiger charge is -2.34. The van der Waals surface area contributed by atoms with E-state index >= 15 is 0 Å². The standard InChI is InChI=1S/C11H12ClF2N5O/c1-10(2-4-11(13,14)5-3-10)9-15-8(18-20-9)6-7(12)17-19-16-6/h2-5H2,1H3,(H,16,17,19). The van der Waals surface area contributed by atoms with Crippen molar-refractivity contribution in [3.8, 4) is 11.5 Å². The van der Waals surface area contributed by atoms with Gasteiger partial charge in [0, 0.05) is 18.3 Å². The van der Waals surface area contributed by atoms with E-state index in [9.17, 15) is 8.78 Å². The highest BCUT2D eigenvalue weighted by molar-refractivity contribution is 6.31. The van der Waals surface area contributed by atoms with Crippen LogP contribution in [0.15, 0.2) is 4.52 Å². The molecule has 2 heterocycles. The maximum Gasteiger partial charge on any atom is 0.248 e. The Labute approximate surface area is 117 Å². The predicted molar refractivity (Wildman–Crippen MR) is 65.5 cm³/mol. The molecule has 3 rings (SSSR count). The third-order valence-corrected chi connectivity index (χ3v) is 4.01. The average Bonchev–Trinajstić information content (AvgIpc) is 3.02. The van der Waals surface area contributed by atoms with E-state index in [0.29, 0.717) is 18.7 Å². The summed E-state index contributed by atoms with van der Waals surface area (Å²) in [5, 5.41) is 13.8. The highest BCUT2D eigenvalue weighted by Gasteiger charge is 2.44. The van der Waals surface area contributed by atoms with E-state index < -0.39 is 11.3 Å². The van der Waals surface area contributed by atoms with Crippen LogP contribution in [0.4, 0.5) is 8.78 Å². The molecule has 1 saturated carbocycles. The van der Waals surface area contributed by atoms with Gasteiger partial charge in [-0.1, -0.05) is 23.7 Å². The Morgan fingerprint density at radius 2 is 1.90 bits per heavy atom. The Morgan fingerprint density at radius 3 is 2.50 bits per heavy atom. The first-order valence-corrected chi connectivity index (χ1v) is 6.56. The van der Waals surface area contributed by atoms with Crippen LogP contribution in [-0.4, -0.2) is 31.5 Å². The highest BCUT2D eigenvalue weighted by atomic mass is 35.5. The lowest BCUT2D eigenvalue weighted by atomic mass is 9.74. The summed E-state index contributed by atoms with van der Waals surface area (Å²) in [7, 11) is 0. The molecule has 20 heavy (non-hydrogen) atoms. The van der Waals surface area contributed by atoms with Gasteiger partial charge in [0.05, 0.1) is 0 Å². The van der Waals surface area contributed by atoms with Gasteiger partial charge in [-0.15, -0.1) is 5.10 Å². The molecule has 9 heteroatoms. The van der Waals surface area contributed by atoms with Gasteiger partial charge in [0.25, 0.3) is 0 Å². The van der Waals surface area contributed by atoms with E-state index in [1.54, 1.807) is 0 Å². The minimum atomic E-state index is -2.60. The van der Waals surface area contributed by atoms with Crippen molar-refractivity contribution in [3.05, 3.63) is 11.0 Å². The van der Waals surface area contributed by atoms with E-state index in [0.717, 1.165) is 0 Å². The molecule has 0 spiro atoms. The van der Waals surface area contributed by atoms with Crippen molar-refractivity contribution >= 4 is 11.6 Å². The van der Waals surface area contributed by atoms with Crippen LogP contribution in [0.25, 0.3) is 11.5 Å². The van der Waals surface area contributed by atoms with Gasteiger partial charge >= 0.3 is 0 Å². The van der Waals surface area contributed by atoms with Crippen LogP contribution in [0, 0.1) is 0 Å². The highest BCUT2D eigenvalue weighted by Crippen LogP contribution is 2.44. The van der Waals surface area contributed by atoms with Gasteiger partial charge in [0.15, 0.2) is 10.8 Å². The third-order valence-electron chi connectivity index (χ3n) is 3.74. The third kappa shape index (κ3) is 2.28. The van der Waals surface area contributed by atoms with Crippen LogP contribution in [0.1, 0.15) is 38.5 Å². The number of halogens is 3. The minimum Gasteiger partial charge on any atom is -0.338 e. The number of nitrogens with zero attached hydrogens (tertiary/aromatic N) is 4. The molecule has 0 amide bonds. The summed E-state index contributed by atoms with van der Waals surface area (Å²) >= 11 is 5.82. The zero-order valence-corrected chi connectivity index (χ0v) is 11.4. The van der Waals surface area contributed by atoms with Gasteiger partial charge < -0.3 is 4.52 Å². The van der Waals surface area contributed by atoms with Crippen molar-refractivity contribution in [2.45, 2.75) is 43.9 Å². The maximum atomic E-state index is 13.2. The topological polar surface area (TPSA) is 80.5 Å². The summed E-state index contributed by atoms with van der Waals surface area (Å²) in [6, 6.07) is 0. The number of hydrogen-bond donors (Lipinski definition) is 1. The summed E-state index contributed by atoms with van der Waals surface area (Å²) in [6.07, 6.45) is 0.250. The van der Waals surface area contributed by atoms with Crippen LogP contribution >= 0.6 is 11.6 Å². The molecule has 1 fully saturated rings. The smallest absolute Gasteiger partial charge is 0.248 e. The van der Waals surface area contributed by atoms with Crippen molar-refractivity contribution in [1.82, 2.24) is 25.6 Å². The van der Waals surface area contributed by atoms with Crippen molar-refractivity contribution in [3.63, 3.8) is 0 Å². The normalized spacial score (nSPS) is 21.0. The van der Waals surface area contributed by atoms with Crippen molar-refractivity contribution in [2.24, 2.45) is 0 Å². The number of rotatable bonds is 2. The number of hydrogen-bond acceptors (Lipinski definition) is 5. The maximum absolute atomic E-state index is 13.2. The molecule has 0 radical (unpaired) electrons. The number of H-pyrrole nitrogens is 1. The van der Waals surface area contributed by atoms with Gasteiger partial charge in [0.1, 0.15) is 0 Å². The van der Waals surface area contributed by atoms with Crippen molar-refractivity contribution < 1.29 is 13.3 Å². The van der Waals surface area contributed by atoms with Crippen LogP contribution in [-0.2, 0) is 5.41 Å². The van der Waals surface area contributed by atoms with Crippen molar-refractivity contribution in [2.75, 3.05) is 0 Å². The summed E-state index contributed by atoms with van der Waals surface area (Å²) in [4.78, 5) is 4.23. The molecule has 1 aliphatic rings. The van der Waals surface area contributed by atoms with E-state index in [4.69, 9.17) is 16.1 Å². The molecule has 0 atom stereocenters. The molecule has 0 bridgehead atoms. The fourth-order valence-electron chi connectivity index (χ4n) is 2.31. The van der Waals surface area contributed by atoms with E-state index in [1.165, 1.54) is 0 Å². The number of aromatic amines is 1. The lowest BCUT2D eigenvalue weighted by molar-refractivity contribution is -0.0532. The van der Waals surface area contributed by atoms with Gasteiger partial charge in [0.2, 0.25) is 17.6 Å². The molecule has 6 nitrogen and oxygen atoms in total. The van der Waals surface area contributed by atoms with E-state index in [-0.39, 0.29) is 29.5 Å². The Bertz CT molecular complexity index is 616. The molecule has 1 N–H and O–H groups in total. The first-order valence-electron chi connectivity index (χ1n) is 6.18. The molecule has 0 aliphatic heterocycles. The molecule has 2 aromatic rings. The van der Waals surface area contributed by atoms with Crippen LogP contribution in [0.5, 0.6) is 0 Å².